The zero-order valence-electron chi connectivity index (χ0n) is 7.31. The van der Waals surface area contributed by atoms with Gasteiger partial charge in [-0.25, -0.2) is 0 Å². The Morgan fingerprint density at radius 1 is 1.62 bits per heavy atom. The van der Waals surface area contributed by atoms with Crippen LogP contribution in [0.4, 0.5) is 0 Å². The van der Waals surface area contributed by atoms with Crippen molar-refractivity contribution < 1.29 is 0 Å². The fraction of sp³-hybridized carbons (Fsp3) is 0.500. The summed E-state index contributed by atoms with van der Waals surface area (Å²) in [5.74, 6) is 0. The van der Waals surface area contributed by atoms with Crippen LogP contribution in [0.5, 0.6) is 0 Å². The molecule has 0 saturated carbocycles. The van der Waals surface area contributed by atoms with Crippen LogP contribution >= 0.6 is 43.2 Å². The number of nitrogens with one attached hydrogen (secondary N) is 1. The van der Waals surface area contributed by atoms with Crippen LogP contribution in [-0.4, -0.2) is 12.6 Å². The quantitative estimate of drug-likeness (QED) is 0.892. The van der Waals surface area contributed by atoms with Crippen molar-refractivity contribution in [1.29, 1.82) is 0 Å². The maximum absolute atomic E-state index is 5.49. The summed E-state index contributed by atoms with van der Waals surface area (Å²) in [5, 5.41) is 3.33. The van der Waals surface area contributed by atoms with Crippen LogP contribution in [0.15, 0.2) is 14.3 Å². The Morgan fingerprint density at radius 2 is 2.31 bits per heavy atom. The van der Waals surface area contributed by atoms with Gasteiger partial charge < -0.3 is 11.1 Å². The molecule has 0 amide bonds. The molecule has 0 aliphatic rings. The zero-order chi connectivity index (χ0) is 9.84. The second kappa shape index (κ2) is 5.46. The van der Waals surface area contributed by atoms with E-state index in [9.17, 15) is 0 Å². The summed E-state index contributed by atoms with van der Waals surface area (Å²) in [4.78, 5) is 1.30. The van der Waals surface area contributed by atoms with E-state index >= 15 is 0 Å². The Labute approximate surface area is 99.2 Å². The van der Waals surface area contributed by atoms with Crippen molar-refractivity contribution >= 4 is 43.2 Å². The van der Waals surface area contributed by atoms with Crippen molar-refractivity contribution in [2.24, 2.45) is 5.73 Å². The van der Waals surface area contributed by atoms with E-state index in [1.165, 1.54) is 4.88 Å². The molecular formula is C8H12Br2N2S. The maximum atomic E-state index is 5.49. The van der Waals surface area contributed by atoms with Gasteiger partial charge in [0.25, 0.3) is 0 Å². The number of hydrogen-bond donors (Lipinski definition) is 2. The first kappa shape index (κ1) is 11.7. The van der Waals surface area contributed by atoms with Crippen LogP contribution < -0.4 is 11.1 Å². The molecule has 1 aromatic heterocycles. The summed E-state index contributed by atoms with van der Waals surface area (Å²) in [6, 6.07) is 2.49. The van der Waals surface area contributed by atoms with Crippen LogP contribution in [0.3, 0.4) is 0 Å². The lowest BCUT2D eigenvalue weighted by Crippen LogP contribution is -2.32. The lowest BCUT2D eigenvalue weighted by atomic mass is 10.3. The van der Waals surface area contributed by atoms with Gasteiger partial charge in [-0.05, 0) is 44.8 Å². The number of halogens is 2. The average Bonchev–Trinajstić information content (AvgIpc) is 2.42. The Bertz CT molecular complexity index is 256. The number of hydrogen-bond acceptors (Lipinski definition) is 3. The molecule has 0 fully saturated rings. The van der Waals surface area contributed by atoms with Gasteiger partial charge in [0.2, 0.25) is 0 Å². The van der Waals surface area contributed by atoms with Gasteiger partial charge in [-0.15, -0.1) is 11.3 Å². The van der Waals surface area contributed by atoms with Gasteiger partial charge in [0.05, 0.1) is 3.79 Å². The largest absolute Gasteiger partial charge is 0.329 e. The molecule has 0 unspecified atom stereocenters. The lowest BCUT2D eigenvalue weighted by Gasteiger charge is -2.08. The lowest BCUT2D eigenvalue weighted by molar-refractivity contribution is 0.560. The molecule has 5 heteroatoms. The first-order valence-corrected chi connectivity index (χ1v) is 6.41. The molecule has 3 N–H and O–H groups in total. The van der Waals surface area contributed by atoms with Crippen molar-refractivity contribution in [3.63, 3.8) is 0 Å². The fourth-order valence-electron chi connectivity index (χ4n) is 0.837. The smallest absolute Gasteiger partial charge is 0.0843 e. The van der Waals surface area contributed by atoms with Crippen LogP contribution in [0.2, 0.25) is 0 Å². The average molecular weight is 328 g/mol. The van der Waals surface area contributed by atoms with Gasteiger partial charge in [0.1, 0.15) is 0 Å². The first-order valence-electron chi connectivity index (χ1n) is 4.00. The minimum Gasteiger partial charge on any atom is -0.329 e. The van der Waals surface area contributed by atoms with Gasteiger partial charge in [-0.1, -0.05) is 0 Å². The predicted molar refractivity (Wildman–Crippen MR) is 65.1 cm³/mol. The van der Waals surface area contributed by atoms with Crippen molar-refractivity contribution in [1.82, 2.24) is 5.32 Å². The SMILES string of the molecule is C[C@@H](CN)NCc1cc(Br)c(Br)s1. The van der Waals surface area contributed by atoms with Gasteiger partial charge in [-0.3, -0.25) is 0 Å². The third-order valence-corrected chi connectivity index (χ3v) is 4.93. The summed E-state index contributed by atoms with van der Waals surface area (Å²) in [6.07, 6.45) is 0. The van der Waals surface area contributed by atoms with Crippen LogP contribution in [0.25, 0.3) is 0 Å². The molecule has 0 aromatic carbocycles. The highest BCUT2D eigenvalue weighted by atomic mass is 79.9. The molecule has 13 heavy (non-hydrogen) atoms. The van der Waals surface area contributed by atoms with Crippen LogP contribution in [0.1, 0.15) is 11.8 Å². The van der Waals surface area contributed by atoms with Crippen molar-refractivity contribution in [2.45, 2.75) is 19.5 Å². The molecule has 0 saturated heterocycles. The number of thiophene rings is 1. The molecule has 0 aliphatic heterocycles. The topological polar surface area (TPSA) is 38.0 Å². The Balaban J connectivity index is 2.45. The van der Waals surface area contributed by atoms with E-state index in [0.29, 0.717) is 12.6 Å². The van der Waals surface area contributed by atoms with E-state index in [1.54, 1.807) is 11.3 Å². The Kier molecular flexibility index (Phi) is 4.89. The molecule has 1 rings (SSSR count). The number of nitrogens with two attached hydrogens (primary N) is 1. The third-order valence-electron chi connectivity index (χ3n) is 1.67. The molecule has 2 nitrogen and oxygen atoms in total. The van der Waals surface area contributed by atoms with E-state index in [4.69, 9.17) is 5.73 Å². The third kappa shape index (κ3) is 3.67. The fourth-order valence-corrected chi connectivity index (χ4v) is 2.96. The molecule has 74 valence electrons. The molecule has 1 atom stereocenters. The molecule has 0 aliphatic carbocycles. The summed E-state index contributed by atoms with van der Waals surface area (Å²) < 4.78 is 2.26. The van der Waals surface area contributed by atoms with Crippen molar-refractivity contribution in [3.8, 4) is 0 Å². The van der Waals surface area contributed by atoms with Gasteiger partial charge in [0, 0.05) is 28.5 Å². The van der Waals surface area contributed by atoms with Crippen LogP contribution in [0, 0.1) is 0 Å². The van der Waals surface area contributed by atoms with E-state index in [2.05, 4.69) is 50.2 Å². The molecule has 1 aromatic rings. The standard InChI is InChI=1S/C8H12Br2N2S/c1-5(3-11)12-4-6-2-7(9)8(10)13-6/h2,5,12H,3-4,11H2,1H3/t5-/m0/s1. The highest BCUT2D eigenvalue weighted by molar-refractivity contribution is 9.13. The first-order chi connectivity index (χ1) is 6.13. The van der Waals surface area contributed by atoms with Crippen LogP contribution in [-0.2, 0) is 6.54 Å². The predicted octanol–water partition coefficient (Wildman–Crippen LogP) is 2.71. The normalized spacial score (nSPS) is 13.2. The molecule has 0 bridgehead atoms. The zero-order valence-corrected chi connectivity index (χ0v) is 11.3. The Hall–Kier alpha value is 0.580. The second-order valence-corrected chi connectivity index (χ2v) is 6.16. The number of rotatable bonds is 4. The van der Waals surface area contributed by atoms with E-state index in [-0.39, 0.29) is 0 Å². The maximum Gasteiger partial charge on any atom is 0.0843 e. The second-order valence-electron chi connectivity index (χ2n) is 2.85. The van der Waals surface area contributed by atoms with E-state index < -0.39 is 0 Å². The minimum absolute atomic E-state index is 0.375. The monoisotopic (exact) mass is 326 g/mol. The Morgan fingerprint density at radius 3 is 2.77 bits per heavy atom. The van der Waals surface area contributed by atoms with Crippen molar-refractivity contribution in [2.75, 3.05) is 6.54 Å². The summed E-state index contributed by atoms with van der Waals surface area (Å²) >= 11 is 8.64. The highest BCUT2D eigenvalue weighted by Crippen LogP contribution is 2.32. The summed E-state index contributed by atoms with van der Waals surface area (Å²) in [6.45, 7) is 3.64. The molecule has 0 radical (unpaired) electrons. The van der Waals surface area contributed by atoms with Gasteiger partial charge >= 0.3 is 0 Å². The molecule has 0 spiro atoms. The minimum atomic E-state index is 0.375. The van der Waals surface area contributed by atoms with Gasteiger partial charge in [-0.2, -0.15) is 0 Å². The van der Waals surface area contributed by atoms with Crippen molar-refractivity contribution in [3.05, 3.63) is 19.2 Å². The highest BCUT2D eigenvalue weighted by Gasteiger charge is 2.04. The van der Waals surface area contributed by atoms with E-state index in [0.717, 1.165) is 14.8 Å². The molecule has 1 heterocycles. The van der Waals surface area contributed by atoms with Gasteiger partial charge in [0.15, 0.2) is 0 Å². The van der Waals surface area contributed by atoms with E-state index in [1.807, 2.05) is 0 Å². The summed E-state index contributed by atoms with van der Waals surface area (Å²) in [7, 11) is 0. The summed E-state index contributed by atoms with van der Waals surface area (Å²) in [5.41, 5.74) is 5.49. The molecular weight excluding hydrogens is 316 g/mol.